The average molecular weight is 339 g/mol. The van der Waals surface area contributed by atoms with Gasteiger partial charge in [-0.05, 0) is 29.3 Å². The maximum absolute atomic E-state index is 12.2. The Balaban J connectivity index is 1.73. The quantitative estimate of drug-likeness (QED) is 0.751. The van der Waals surface area contributed by atoms with Crippen LogP contribution in [0, 0.1) is 0 Å². The fourth-order valence-corrected chi connectivity index (χ4v) is 3.04. The van der Waals surface area contributed by atoms with Crippen LogP contribution in [-0.4, -0.2) is 18.2 Å². The molecular weight excluding hydrogens is 322 g/mol. The van der Waals surface area contributed by atoms with Gasteiger partial charge in [0.15, 0.2) is 0 Å². The molecule has 1 aromatic heterocycles. The van der Waals surface area contributed by atoms with Gasteiger partial charge in [0.1, 0.15) is 0 Å². The second-order valence-corrected chi connectivity index (χ2v) is 6.81. The maximum atomic E-state index is 12.2. The van der Waals surface area contributed by atoms with E-state index in [1.807, 2.05) is 66.9 Å². The summed E-state index contributed by atoms with van der Waals surface area (Å²) < 4.78 is 28.6. The van der Waals surface area contributed by atoms with Gasteiger partial charge in [-0.1, -0.05) is 48.5 Å². The molecule has 1 N–H and O–H groups in total. The molecule has 0 atom stereocenters. The molecule has 1 heterocycles. The van der Waals surface area contributed by atoms with E-state index in [-0.39, 0.29) is 6.54 Å². The Kier molecular flexibility index (Phi) is 4.88. The molecule has 0 aliphatic carbocycles. The fourth-order valence-electron chi connectivity index (χ4n) is 2.25. The van der Waals surface area contributed by atoms with Crippen LogP contribution < -0.4 is 4.72 Å². The first-order valence-corrected chi connectivity index (χ1v) is 8.99. The molecule has 122 valence electrons. The van der Waals surface area contributed by atoms with Crippen LogP contribution in [0.1, 0.15) is 11.1 Å². The van der Waals surface area contributed by atoms with Gasteiger partial charge in [0, 0.05) is 24.3 Å². The van der Waals surface area contributed by atoms with Crippen LogP contribution in [0.4, 0.5) is 0 Å². The number of nitrogens with one attached hydrogen (secondary N) is 1. The van der Waals surface area contributed by atoms with E-state index in [4.69, 9.17) is 0 Å². The third-order valence-electron chi connectivity index (χ3n) is 3.45. The van der Waals surface area contributed by atoms with Crippen molar-refractivity contribution in [3.05, 3.63) is 89.6 Å². The number of sulfonamides is 1. The van der Waals surface area contributed by atoms with Crippen molar-refractivity contribution in [2.75, 3.05) is 0 Å². The van der Waals surface area contributed by atoms with Crippen molar-refractivity contribution in [1.82, 2.24) is 14.5 Å². The van der Waals surface area contributed by atoms with E-state index < -0.39 is 10.0 Å². The lowest BCUT2D eigenvalue weighted by Crippen LogP contribution is -2.21. The highest BCUT2D eigenvalue weighted by atomic mass is 32.2. The van der Waals surface area contributed by atoms with E-state index in [1.165, 1.54) is 5.41 Å². The maximum Gasteiger partial charge on any atom is 0.234 e. The van der Waals surface area contributed by atoms with Crippen LogP contribution in [0.3, 0.4) is 0 Å². The van der Waals surface area contributed by atoms with Crippen LogP contribution in [0.25, 0.3) is 11.8 Å². The van der Waals surface area contributed by atoms with Crippen LogP contribution in [-0.2, 0) is 16.6 Å². The molecule has 0 aliphatic heterocycles. The van der Waals surface area contributed by atoms with Crippen molar-refractivity contribution in [3.63, 3.8) is 0 Å². The monoisotopic (exact) mass is 339 g/mol. The first-order valence-electron chi connectivity index (χ1n) is 7.45. The molecule has 24 heavy (non-hydrogen) atoms. The van der Waals surface area contributed by atoms with E-state index in [9.17, 15) is 8.42 Å². The Hall–Kier alpha value is -2.70. The van der Waals surface area contributed by atoms with Crippen molar-refractivity contribution in [3.8, 4) is 5.69 Å². The molecule has 0 saturated heterocycles. The summed E-state index contributed by atoms with van der Waals surface area (Å²) in [5.74, 6) is 0. The van der Waals surface area contributed by atoms with Crippen molar-refractivity contribution < 1.29 is 8.42 Å². The SMILES string of the molecule is O=S(=O)(/C=C/c1ccccc1)NCc1ccccc1-n1cccn1. The first kappa shape index (κ1) is 16.2. The molecule has 0 aliphatic rings. The van der Waals surface area contributed by atoms with Gasteiger partial charge in [0.25, 0.3) is 0 Å². The molecule has 0 unspecified atom stereocenters. The van der Waals surface area contributed by atoms with Crippen molar-refractivity contribution >= 4 is 16.1 Å². The topological polar surface area (TPSA) is 64.0 Å². The lowest BCUT2D eigenvalue weighted by atomic mass is 10.2. The lowest BCUT2D eigenvalue weighted by Gasteiger charge is -2.09. The number of hydrogen-bond donors (Lipinski definition) is 1. The molecule has 2 aromatic carbocycles. The standard InChI is InChI=1S/C18H17N3O2S/c22-24(23,14-11-16-7-2-1-3-8-16)20-15-17-9-4-5-10-18(17)21-13-6-12-19-21/h1-14,20H,15H2/b14-11+. The van der Waals surface area contributed by atoms with Crippen molar-refractivity contribution in [1.29, 1.82) is 0 Å². The predicted octanol–water partition coefficient (Wildman–Crippen LogP) is 2.96. The van der Waals surface area contributed by atoms with Crippen LogP contribution in [0.15, 0.2) is 78.5 Å². The van der Waals surface area contributed by atoms with Gasteiger partial charge in [-0.15, -0.1) is 0 Å². The van der Waals surface area contributed by atoms with E-state index in [0.717, 1.165) is 16.8 Å². The molecule has 5 nitrogen and oxygen atoms in total. The summed E-state index contributed by atoms with van der Waals surface area (Å²) in [5, 5.41) is 5.37. The van der Waals surface area contributed by atoms with Crippen LogP contribution in [0.2, 0.25) is 0 Å². The second kappa shape index (κ2) is 7.25. The Labute approximate surface area is 141 Å². The second-order valence-electron chi connectivity index (χ2n) is 5.16. The molecule has 0 bridgehead atoms. The summed E-state index contributed by atoms with van der Waals surface area (Å²) >= 11 is 0. The minimum atomic E-state index is -3.52. The van der Waals surface area contributed by atoms with Crippen molar-refractivity contribution in [2.24, 2.45) is 0 Å². The van der Waals surface area contributed by atoms with Gasteiger partial charge >= 0.3 is 0 Å². The third kappa shape index (κ3) is 4.18. The smallest absolute Gasteiger partial charge is 0.234 e. The zero-order valence-corrected chi connectivity index (χ0v) is 13.7. The van der Waals surface area contributed by atoms with Gasteiger partial charge in [0.2, 0.25) is 10.0 Å². The number of aromatic nitrogens is 2. The summed E-state index contributed by atoms with van der Waals surface area (Å²) in [5.41, 5.74) is 2.52. The Morgan fingerprint density at radius 1 is 1.00 bits per heavy atom. The number of para-hydroxylation sites is 1. The summed E-state index contributed by atoms with van der Waals surface area (Å²) in [6.45, 7) is 0.192. The van der Waals surface area contributed by atoms with Crippen molar-refractivity contribution in [2.45, 2.75) is 6.54 Å². The summed E-state index contributed by atoms with van der Waals surface area (Å²) in [4.78, 5) is 0. The highest BCUT2D eigenvalue weighted by Crippen LogP contribution is 2.13. The number of hydrogen-bond acceptors (Lipinski definition) is 3. The highest BCUT2D eigenvalue weighted by Gasteiger charge is 2.09. The third-order valence-corrected chi connectivity index (χ3v) is 4.49. The molecule has 0 spiro atoms. The Morgan fingerprint density at radius 3 is 2.50 bits per heavy atom. The number of nitrogens with zero attached hydrogens (tertiary/aromatic N) is 2. The lowest BCUT2D eigenvalue weighted by molar-refractivity contribution is 0.590. The molecule has 0 fully saturated rings. The van der Waals surface area contributed by atoms with Crippen LogP contribution >= 0.6 is 0 Å². The molecule has 0 saturated carbocycles. The minimum absolute atomic E-state index is 0.192. The molecular formula is C18H17N3O2S. The summed E-state index contributed by atoms with van der Waals surface area (Å²) in [6.07, 6.45) is 5.08. The molecule has 3 aromatic rings. The highest BCUT2D eigenvalue weighted by molar-refractivity contribution is 7.92. The first-order chi connectivity index (χ1) is 11.6. The van der Waals surface area contributed by atoms with Gasteiger partial charge in [-0.25, -0.2) is 17.8 Å². The van der Waals surface area contributed by atoms with E-state index in [0.29, 0.717) is 0 Å². The summed E-state index contributed by atoms with van der Waals surface area (Å²) in [7, 11) is -3.52. The fraction of sp³-hybridized carbons (Fsp3) is 0.0556. The van der Waals surface area contributed by atoms with Gasteiger partial charge in [0.05, 0.1) is 5.69 Å². The number of benzene rings is 2. The number of rotatable bonds is 6. The van der Waals surface area contributed by atoms with E-state index in [1.54, 1.807) is 17.0 Å². The van der Waals surface area contributed by atoms with Gasteiger partial charge < -0.3 is 0 Å². The van der Waals surface area contributed by atoms with Gasteiger partial charge in [-0.3, -0.25) is 0 Å². The molecule has 3 rings (SSSR count). The molecule has 0 radical (unpaired) electrons. The Morgan fingerprint density at radius 2 is 1.75 bits per heavy atom. The molecule has 6 heteroatoms. The van der Waals surface area contributed by atoms with Gasteiger partial charge in [-0.2, -0.15) is 5.10 Å². The summed E-state index contributed by atoms with van der Waals surface area (Å²) in [6, 6.07) is 18.7. The average Bonchev–Trinajstić information content (AvgIpc) is 3.14. The predicted molar refractivity (Wildman–Crippen MR) is 94.8 cm³/mol. The van der Waals surface area contributed by atoms with E-state index >= 15 is 0 Å². The normalized spacial score (nSPS) is 11.8. The molecule has 0 amide bonds. The Bertz CT molecular complexity index is 918. The zero-order chi connectivity index (χ0) is 16.8. The largest absolute Gasteiger partial charge is 0.241 e. The van der Waals surface area contributed by atoms with Crippen LogP contribution in [0.5, 0.6) is 0 Å². The van der Waals surface area contributed by atoms with E-state index in [2.05, 4.69) is 9.82 Å². The minimum Gasteiger partial charge on any atom is -0.241 e. The zero-order valence-electron chi connectivity index (χ0n) is 12.9.